The minimum atomic E-state index is 0.102. The number of benzene rings is 1. The smallest absolute Gasteiger partial charge is 0.189 e. The highest BCUT2D eigenvalue weighted by atomic mass is 16.1. The van der Waals surface area contributed by atoms with Crippen LogP contribution in [0.15, 0.2) is 29.1 Å². The van der Waals surface area contributed by atoms with Crippen LogP contribution in [0.5, 0.6) is 0 Å². The fourth-order valence-electron chi connectivity index (χ4n) is 3.43. The second-order valence-corrected chi connectivity index (χ2v) is 6.26. The Hall–Kier alpha value is -1.65. The number of likely N-dealkylation sites (N-methyl/N-ethyl adjacent to an activating group) is 1. The van der Waals surface area contributed by atoms with Crippen LogP contribution in [-0.4, -0.2) is 35.6 Å². The van der Waals surface area contributed by atoms with Crippen molar-refractivity contribution >= 4 is 10.9 Å². The number of rotatable bonds is 5. The number of aromatic amines is 1. The molecule has 1 aliphatic rings. The number of likely N-dealkylation sites (tertiary alicyclic amines) is 1. The molecule has 1 aromatic carbocycles. The number of aryl methyl sites for hydroxylation is 1. The van der Waals surface area contributed by atoms with E-state index in [9.17, 15) is 4.79 Å². The molecule has 1 saturated heterocycles. The molecule has 2 heterocycles. The zero-order valence-corrected chi connectivity index (χ0v) is 13.5. The van der Waals surface area contributed by atoms with Gasteiger partial charge < -0.3 is 10.3 Å². The van der Waals surface area contributed by atoms with E-state index in [0.29, 0.717) is 12.6 Å². The second-order valence-electron chi connectivity index (χ2n) is 6.26. The first-order chi connectivity index (χ1) is 10.7. The van der Waals surface area contributed by atoms with Crippen LogP contribution >= 0.6 is 0 Å². The summed E-state index contributed by atoms with van der Waals surface area (Å²) in [6.07, 6.45) is 2.57. The zero-order chi connectivity index (χ0) is 15.5. The van der Waals surface area contributed by atoms with E-state index in [-0.39, 0.29) is 5.43 Å². The van der Waals surface area contributed by atoms with Gasteiger partial charge in [0.25, 0.3) is 0 Å². The summed E-state index contributed by atoms with van der Waals surface area (Å²) in [5.74, 6) is 0. The van der Waals surface area contributed by atoms with Crippen LogP contribution in [-0.2, 0) is 6.54 Å². The number of hydrogen-bond donors (Lipinski definition) is 2. The van der Waals surface area contributed by atoms with E-state index < -0.39 is 0 Å². The summed E-state index contributed by atoms with van der Waals surface area (Å²) in [7, 11) is 0. The van der Waals surface area contributed by atoms with E-state index in [4.69, 9.17) is 0 Å². The Balaban J connectivity index is 1.67. The first kappa shape index (κ1) is 15.3. The molecule has 0 spiro atoms. The fourth-order valence-corrected chi connectivity index (χ4v) is 3.43. The number of fused-ring (bicyclic) bond motifs is 1. The van der Waals surface area contributed by atoms with Crippen LogP contribution < -0.4 is 10.7 Å². The highest BCUT2D eigenvalue weighted by Crippen LogP contribution is 2.16. The van der Waals surface area contributed by atoms with Crippen LogP contribution in [0.1, 0.15) is 31.0 Å². The molecule has 0 unspecified atom stereocenters. The summed E-state index contributed by atoms with van der Waals surface area (Å²) in [4.78, 5) is 18.1. The van der Waals surface area contributed by atoms with Crippen LogP contribution in [0.4, 0.5) is 0 Å². The molecule has 2 N–H and O–H groups in total. The average molecular weight is 299 g/mol. The summed E-state index contributed by atoms with van der Waals surface area (Å²) in [5.41, 5.74) is 3.10. The van der Waals surface area contributed by atoms with Crippen molar-refractivity contribution in [1.29, 1.82) is 0 Å². The standard InChI is InChI=1S/C18H25N3O/c1-3-21-8-4-5-15(21)12-19-11-14-10-18(22)16-9-13(2)6-7-17(16)20-14/h6-7,9-10,15,19H,3-5,8,11-12H2,1-2H3,(H,20,22)/t15-/m0/s1. The molecule has 0 radical (unpaired) electrons. The SMILES string of the molecule is CCN1CCC[C@H]1CNCc1cc(=O)c2cc(C)ccc2[nH]1. The minimum Gasteiger partial charge on any atom is -0.357 e. The van der Waals surface area contributed by atoms with E-state index in [1.54, 1.807) is 6.07 Å². The van der Waals surface area contributed by atoms with Crippen molar-refractivity contribution in [3.63, 3.8) is 0 Å². The molecule has 22 heavy (non-hydrogen) atoms. The summed E-state index contributed by atoms with van der Waals surface area (Å²) in [5, 5.41) is 4.27. The lowest BCUT2D eigenvalue weighted by atomic mass is 10.1. The maximum Gasteiger partial charge on any atom is 0.189 e. The van der Waals surface area contributed by atoms with E-state index in [0.717, 1.165) is 35.2 Å². The Bertz CT molecular complexity index is 707. The van der Waals surface area contributed by atoms with Gasteiger partial charge in [-0.15, -0.1) is 0 Å². The largest absolute Gasteiger partial charge is 0.357 e. The lowest BCUT2D eigenvalue weighted by Crippen LogP contribution is -2.37. The third-order valence-corrected chi connectivity index (χ3v) is 4.64. The van der Waals surface area contributed by atoms with Crippen molar-refractivity contribution in [2.75, 3.05) is 19.6 Å². The predicted molar refractivity (Wildman–Crippen MR) is 91.3 cm³/mol. The van der Waals surface area contributed by atoms with Crippen molar-refractivity contribution in [3.05, 3.63) is 45.7 Å². The van der Waals surface area contributed by atoms with Gasteiger partial charge in [0, 0.05) is 41.8 Å². The maximum absolute atomic E-state index is 12.2. The average Bonchev–Trinajstić information content (AvgIpc) is 2.96. The molecule has 118 valence electrons. The molecule has 1 fully saturated rings. The minimum absolute atomic E-state index is 0.102. The first-order valence-electron chi connectivity index (χ1n) is 8.24. The molecule has 4 heteroatoms. The predicted octanol–water partition coefficient (Wildman–Crippen LogP) is 2.41. The number of nitrogens with one attached hydrogen (secondary N) is 2. The van der Waals surface area contributed by atoms with Gasteiger partial charge in [-0.25, -0.2) is 0 Å². The molecule has 0 aliphatic carbocycles. The van der Waals surface area contributed by atoms with Crippen molar-refractivity contribution in [3.8, 4) is 0 Å². The van der Waals surface area contributed by atoms with Crippen LogP contribution in [0, 0.1) is 6.92 Å². The lowest BCUT2D eigenvalue weighted by molar-refractivity contribution is 0.259. The number of nitrogens with zero attached hydrogens (tertiary/aromatic N) is 1. The normalized spacial score (nSPS) is 19.1. The highest BCUT2D eigenvalue weighted by Gasteiger charge is 2.22. The van der Waals surface area contributed by atoms with Gasteiger partial charge in [0.1, 0.15) is 0 Å². The Morgan fingerprint density at radius 1 is 1.36 bits per heavy atom. The van der Waals surface area contributed by atoms with Gasteiger partial charge in [0.05, 0.1) is 0 Å². The van der Waals surface area contributed by atoms with Gasteiger partial charge in [-0.1, -0.05) is 18.6 Å². The van der Waals surface area contributed by atoms with Crippen molar-refractivity contribution < 1.29 is 0 Å². The fraction of sp³-hybridized carbons (Fsp3) is 0.500. The Morgan fingerprint density at radius 3 is 3.05 bits per heavy atom. The Labute approximate surface area is 131 Å². The number of hydrogen-bond acceptors (Lipinski definition) is 3. The van der Waals surface area contributed by atoms with Crippen molar-refractivity contribution in [1.82, 2.24) is 15.2 Å². The van der Waals surface area contributed by atoms with Crippen molar-refractivity contribution in [2.24, 2.45) is 0 Å². The summed E-state index contributed by atoms with van der Waals surface area (Å²) in [6.45, 7) is 8.28. The number of aromatic nitrogens is 1. The lowest BCUT2D eigenvalue weighted by Gasteiger charge is -2.23. The molecule has 1 atom stereocenters. The van der Waals surface area contributed by atoms with Gasteiger partial charge in [-0.05, 0) is 45.0 Å². The van der Waals surface area contributed by atoms with E-state index in [1.165, 1.54) is 19.4 Å². The summed E-state index contributed by atoms with van der Waals surface area (Å²) in [6, 6.07) is 8.34. The Morgan fingerprint density at radius 2 is 2.23 bits per heavy atom. The molecule has 0 amide bonds. The first-order valence-corrected chi connectivity index (χ1v) is 8.24. The maximum atomic E-state index is 12.2. The Kier molecular flexibility index (Phi) is 4.60. The molecule has 0 saturated carbocycles. The van der Waals surface area contributed by atoms with Gasteiger partial charge in [-0.2, -0.15) is 0 Å². The molecule has 0 bridgehead atoms. The highest BCUT2D eigenvalue weighted by molar-refractivity contribution is 5.79. The molecule has 4 nitrogen and oxygen atoms in total. The topological polar surface area (TPSA) is 48.1 Å². The summed E-state index contributed by atoms with van der Waals surface area (Å²) >= 11 is 0. The van der Waals surface area contributed by atoms with Crippen LogP contribution in [0.3, 0.4) is 0 Å². The van der Waals surface area contributed by atoms with Crippen LogP contribution in [0.2, 0.25) is 0 Å². The summed E-state index contributed by atoms with van der Waals surface area (Å²) < 4.78 is 0. The third kappa shape index (κ3) is 3.23. The van der Waals surface area contributed by atoms with Crippen LogP contribution in [0.25, 0.3) is 10.9 Å². The molecule has 1 aromatic heterocycles. The van der Waals surface area contributed by atoms with Crippen molar-refractivity contribution in [2.45, 2.75) is 39.3 Å². The number of pyridine rings is 1. The van der Waals surface area contributed by atoms with Gasteiger partial charge in [0.2, 0.25) is 0 Å². The monoisotopic (exact) mass is 299 g/mol. The van der Waals surface area contributed by atoms with E-state index in [2.05, 4.69) is 22.1 Å². The van der Waals surface area contributed by atoms with E-state index in [1.807, 2.05) is 25.1 Å². The molecule has 3 rings (SSSR count). The molecule has 1 aliphatic heterocycles. The molecular weight excluding hydrogens is 274 g/mol. The zero-order valence-electron chi connectivity index (χ0n) is 13.5. The van der Waals surface area contributed by atoms with Gasteiger partial charge in [0.15, 0.2) is 5.43 Å². The third-order valence-electron chi connectivity index (χ3n) is 4.64. The molecular formula is C18H25N3O. The number of H-pyrrole nitrogens is 1. The van der Waals surface area contributed by atoms with Gasteiger partial charge >= 0.3 is 0 Å². The second kappa shape index (κ2) is 6.63. The quantitative estimate of drug-likeness (QED) is 0.891. The molecule has 2 aromatic rings. The van der Waals surface area contributed by atoms with Gasteiger partial charge in [-0.3, -0.25) is 9.69 Å². The van der Waals surface area contributed by atoms with E-state index >= 15 is 0 Å².